The number of H-pyrrole nitrogens is 1. The molecule has 1 amide bonds. The van der Waals surface area contributed by atoms with Gasteiger partial charge in [-0.25, -0.2) is 0 Å². The van der Waals surface area contributed by atoms with Crippen LogP contribution in [0.5, 0.6) is 0 Å². The van der Waals surface area contributed by atoms with Gasteiger partial charge in [-0.2, -0.15) is 0 Å². The molecule has 0 saturated heterocycles. The highest BCUT2D eigenvalue weighted by Crippen LogP contribution is 2.22. The van der Waals surface area contributed by atoms with E-state index in [4.69, 9.17) is 0 Å². The van der Waals surface area contributed by atoms with E-state index < -0.39 is 0 Å². The summed E-state index contributed by atoms with van der Waals surface area (Å²) in [7, 11) is 0. The molecule has 4 heteroatoms. The van der Waals surface area contributed by atoms with Gasteiger partial charge in [-0.15, -0.1) is 0 Å². The fourth-order valence-corrected chi connectivity index (χ4v) is 3.81. The zero-order chi connectivity index (χ0) is 19.3. The van der Waals surface area contributed by atoms with Gasteiger partial charge in [-0.05, 0) is 35.7 Å². The molecule has 0 spiro atoms. The predicted molar refractivity (Wildman–Crippen MR) is 114 cm³/mol. The minimum Gasteiger partial charge on any atom is -0.361 e. The Bertz CT molecular complexity index is 1090. The number of nitrogens with two attached hydrogens (primary N) is 1. The van der Waals surface area contributed by atoms with Crippen LogP contribution >= 0.6 is 0 Å². The lowest BCUT2D eigenvalue weighted by Crippen LogP contribution is -2.87. The van der Waals surface area contributed by atoms with Gasteiger partial charge in [0.25, 0.3) is 5.91 Å². The van der Waals surface area contributed by atoms with Crippen molar-refractivity contribution in [1.82, 2.24) is 10.3 Å². The van der Waals surface area contributed by atoms with Gasteiger partial charge >= 0.3 is 0 Å². The van der Waals surface area contributed by atoms with Crippen molar-refractivity contribution in [2.45, 2.75) is 19.4 Å². The third kappa shape index (κ3) is 3.92. The SMILES string of the molecule is C[C@H]([NH2+]CC(=O)NCCc1c[nH]c2ccccc12)c1cccc2ccccc12. The number of carbonyl (C=O) groups excluding carboxylic acids is 1. The van der Waals surface area contributed by atoms with E-state index in [2.05, 4.69) is 77.1 Å². The fourth-order valence-electron chi connectivity index (χ4n) is 3.81. The first-order valence-electron chi connectivity index (χ1n) is 9.85. The first-order chi connectivity index (χ1) is 13.7. The average molecular weight is 372 g/mol. The largest absolute Gasteiger partial charge is 0.361 e. The maximum atomic E-state index is 12.3. The summed E-state index contributed by atoms with van der Waals surface area (Å²) < 4.78 is 0. The summed E-state index contributed by atoms with van der Waals surface area (Å²) in [4.78, 5) is 15.6. The Morgan fingerprint density at radius 1 is 1.00 bits per heavy atom. The predicted octanol–water partition coefficient (Wildman–Crippen LogP) is 3.30. The summed E-state index contributed by atoms with van der Waals surface area (Å²) in [6.07, 6.45) is 2.86. The van der Waals surface area contributed by atoms with Gasteiger partial charge in [0.2, 0.25) is 0 Å². The first-order valence-corrected chi connectivity index (χ1v) is 9.85. The van der Waals surface area contributed by atoms with Crippen molar-refractivity contribution < 1.29 is 10.1 Å². The Balaban J connectivity index is 1.29. The minimum atomic E-state index is 0.0759. The number of hydrogen-bond donors (Lipinski definition) is 3. The van der Waals surface area contributed by atoms with Crippen LogP contribution in [-0.4, -0.2) is 24.0 Å². The van der Waals surface area contributed by atoms with Crippen molar-refractivity contribution in [2.75, 3.05) is 13.1 Å². The molecule has 1 atom stereocenters. The Morgan fingerprint density at radius 3 is 2.64 bits per heavy atom. The monoisotopic (exact) mass is 372 g/mol. The van der Waals surface area contributed by atoms with Crippen LogP contribution in [0.25, 0.3) is 21.7 Å². The van der Waals surface area contributed by atoms with Crippen LogP contribution in [0.2, 0.25) is 0 Å². The van der Waals surface area contributed by atoms with E-state index in [0.717, 1.165) is 11.9 Å². The fraction of sp³-hybridized carbons (Fsp3) is 0.208. The molecule has 1 aromatic heterocycles. The third-order valence-corrected chi connectivity index (χ3v) is 5.36. The van der Waals surface area contributed by atoms with E-state index in [1.165, 1.54) is 27.3 Å². The number of fused-ring (bicyclic) bond motifs is 2. The van der Waals surface area contributed by atoms with Crippen LogP contribution < -0.4 is 10.6 Å². The maximum absolute atomic E-state index is 12.3. The summed E-state index contributed by atoms with van der Waals surface area (Å²) in [5, 5.41) is 8.87. The van der Waals surface area contributed by atoms with Crippen molar-refractivity contribution >= 4 is 27.6 Å². The highest BCUT2D eigenvalue weighted by molar-refractivity contribution is 5.86. The molecule has 0 saturated carbocycles. The van der Waals surface area contributed by atoms with Gasteiger partial charge < -0.3 is 15.6 Å². The van der Waals surface area contributed by atoms with Crippen LogP contribution in [0.4, 0.5) is 0 Å². The average Bonchev–Trinajstić information content (AvgIpc) is 3.15. The molecule has 4 aromatic rings. The van der Waals surface area contributed by atoms with Gasteiger partial charge in [0.05, 0.1) is 0 Å². The van der Waals surface area contributed by atoms with Gasteiger partial charge in [0.1, 0.15) is 6.04 Å². The van der Waals surface area contributed by atoms with Crippen LogP contribution in [0.3, 0.4) is 0 Å². The molecule has 4 nitrogen and oxygen atoms in total. The second-order valence-corrected chi connectivity index (χ2v) is 7.26. The second kappa shape index (κ2) is 8.28. The molecule has 0 unspecified atom stereocenters. The number of nitrogens with one attached hydrogen (secondary N) is 2. The molecule has 4 rings (SSSR count). The third-order valence-electron chi connectivity index (χ3n) is 5.36. The number of quaternary nitrogens is 1. The summed E-state index contributed by atoms with van der Waals surface area (Å²) >= 11 is 0. The zero-order valence-electron chi connectivity index (χ0n) is 16.1. The summed E-state index contributed by atoms with van der Waals surface area (Å²) in [5.74, 6) is 0.0759. The Morgan fingerprint density at radius 2 is 1.75 bits per heavy atom. The normalized spacial score (nSPS) is 12.3. The van der Waals surface area contributed by atoms with E-state index in [1.54, 1.807) is 0 Å². The quantitative estimate of drug-likeness (QED) is 0.458. The molecule has 3 aromatic carbocycles. The van der Waals surface area contributed by atoms with Gasteiger partial charge in [0, 0.05) is 29.2 Å². The standard InChI is InChI=1S/C24H25N3O/c1-17(20-11-6-8-18-7-2-3-9-21(18)20)26-16-24(28)25-14-13-19-15-27-23-12-5-4-10-22(19)23/h2-12,15,17,26-27H,13-14,16H2,1H3,(H,25,28)/p+1/t17-/m0/s1. The molecule has 28 heavy (non-hydrogen) atoms. The number of hydrogen-bond acceptors (Lipinski definition) is 1. The summed E-state index contributed by atoms with van der Waals surface area (Å²) in [6.45, 7) is 3.23. The number of benzene rings is 3. The number of para-hydroxylation sites is 1. The summed E-state index contributed by atoms with van der Waals surface area (Å²) in [6, 6.07) is 23.2. The van der Waals surface area contributed by atoms with Crippen molar-refractivity contribution in [1.29, 1.82) is 0 Å². The lowest BCUT2D eigenvalue weighted by Gasteiger charge is -2.13. The topological polar surface area (TPSA) is 61.5 Å². The van der Waals surface area contributed by atoms with Gasteiger partial charge in [-0.1, -0.05) is 60.7 Å². The van der Waals surface area contributed by atoms with Crippen molar-refractivity contribution in [2.24, 2.45) is 0 Å². The molecule has 0 radical (unpaired) electrons. The van der Waals surface area contributed by atoms with E-state index >= 15 is 0 Å². The highest BCUT2D eigenvalue weighted by atomic mass is 16.1. The lowest BCUT2D eigenvalue weighted by atomic mass is 10.00. The minimum absolute atomic E-state index is 0.0759. The number of aromatic nitrogens is 1. The maximum Gasteiger partial charge on any atom is 0.275 e. The van der Waals surface area contributed by atoms with Gasteiger partial charge in [0.15, 0.2) is 6.54 Å². The molecule has 142 valence electrons. The summed E-state index contributed by atoms with van der Waals surface area (Å²) in [5.41, 5.74) is 3.65. The molecular weight excluding hydrogens is 346 g/mol. The van der Waals surface area contributed by atoms with Crippen molar-refractivity contribution in [3.05, 3.63) is 84.1 Å². The second-order valence-electron chi connectivity index (χ2n) is 7.26. The number of amides is 1. The van der Waals surface area contributed by atoms with Crippen LogP contribution in [0, 0.1) is 0 Å². The highest BCUT2D eigenvalue weighted by Gasteiger charge is 2.14. The molecular formula is C24H26N3O+. The van der Waals surface area contributed by atoms with Crippen LogP contribution in [0.1, 0.15) is 24.1 Å². The Kier molecular flexibility index (Phi) is 5.40. The van der Waals surface area contributed by atoms with Crippen LogP contribution in [0.15, 0.2) is 72.9 Å². The molecule has 0 aliphatic heterocycles. The van der Waals surface area contributed by atoms with Crippen LogP contribution in [-0.2, 0) is 11.2 Å². The first kappa shape index (κ1) is 18.3. The van der Waals surface area contributed by atoms with Crippen molar-refractivity contribution in [3.8, 4) is 0 Å². The Hall–Kier alpha value is -3.11. The molecule has 4 N–H and O–H groups in total. The number of carbonyl (C=O) groups is 1. The smallest absolute Gasteiger partial charge is 0.275 e. The number of rotatable bonds is 7. The number of aromatic amines is 1. The zero-order valence-corrected chi connectivity index (χ0v) is 16.1. The van der Waals surface area contributed by atoms with E-state index in [-0.39, 0.29) is 11.9 Å². The molecule has 1 heterocycles. The molecule has 0 bridgehead atoms. The van der Waals surface area contributed by atoms with E-state index in [9.17, 15) is 4.79 Å². The van der Waals surface area contributed by atoms with Crippen molar-refractivity contribution in [3.63, 3.8) is 0 Å². The Labute approximate surface area is 165 Å². The molecule has 0 aliphatic carbocycles. The molecule has 0 aliphatic rings. The van der Waals surface area contributed by atoms with E-state index in [0.29, 0.717) is 13.1 Å². The molecule has 0 fully saturated rings. The van der Waals surface area contributed by atoms with E-state index in [1.807, 2.05) is 18.3 Å². The van der Waals surface area contributed by atoms with Gasteiger partial charge in [-0.3, -0.25) is 4.79 Å². The lowest BCUT2D eigenvalue weighted by molar-refractivity contribution is -0.682.